The van der Waals surface area contributed by atoms with E-state index in [2.05, 4.69) is 26.5 Å². The molecule has 4 rings (SSSR count). The molecule has 4 aliphatic carbocycles. The van der Waals surface area contributed by atoms with Crippen molar-refractivity contribution >= 4 is 12.6 Å². The van der Waals surface area contributed by atoms with Crippen molar-refractivity contribution in [1.82, 2.24) is 0 Å². The topological polar surface area (TPSA) is 0 Å². The van der Waals surface area contributed by atoms with Crippen molar-refractivity contribution in [3.8, 4) is 0 Å². The van der Waals surface area contributed by atoms with E-state index in [0.717, 1.165) is 59.0 Å². The van der Waals surface area contributed by atoms with Gasteiger partial charge in [0.1, 0.15) is 0 Å². The van der Waals surface area contributed by atoms with Crippen molar-refractivity contribution < 1.29 is 0 Å². The molecule has 0 aromatic heterocycles. The van der Waals surface area contributed by atoms with E-state index in [4.69, 9.17) is 0 Å². The van der Waals surface area contributed by atoms with E-state index < -0.39 is 0 Å². The molecular weight excluding hydrogens is 296 g/mol. The summed E-state index contributed by atoms with van der Waals surface area (Å²) in [4.78, 5) is 0. The van der Waals surface area contributed by atoms with Crippen molar-refractivity contribution in [3.05, 3.63) is 0 Å². The smallest absolute Gasteiger partial charge is 0.00952 e. The highest BCUT2D eigenvalue weighted by Gasteiger charge is 2.59. The fourth-order valence-electron chi connectivity index (χ4n) is 8.18. The summed E-state index contributed by atoms with van der Waals surface area (Å²) in [5, 5.41) is 0. The maximum absolute atomic E-state index is 4.59. The predicted molar refractivity (Wildman–Crippen MR) is 103 cm³/mol. The Balaban J connectivity index is 1.62. The molecule has 4 fully saturated rings. The van der Waals surface area contributed by atoms with Gasteiger partial charge in [-0.25, -0.2) is 0 Å². The van der Waals surface area contributed by atoms with Gasteiger partial charge in [-0.1, -0.05) is 39.5 Å². The second kappa shape index (κ2) is 6.93. The first-order valence-electron chi connectivity index (χ1n) is 10.9. The largest absolute Gasteiger partial charge is 0.179 e. The molecule has 0 heterocycles. The van der Waals surface area contributed by atoms with Gasteiger partial charge in [-0.05, 0) is 97.5 Å². The Hall–Kier alpha value is 0.350. The highest BCUT2D eigenvalue weighted by Crippen LogP contribution is 2.65. The Morgan fingerprint density at radius 1 is 0.739 bits per heavy atom. The van der Waals surface area contributed by atoms with Crippen LogP contribution in [0.4, 0.5) is 0 Å². The van der Waals surface area contributed by atoms with Gasteiger partial charge in [-0.3, -0.25) is 0 Å². The highest BCUT2D eigenvalue weighted by atomic mass is 32.1. The second-order valence-corrected chi connectivity index (χ2v) is 10.00. The number of rotatable bonds is 3. The molecule has 0 spiro atoms. The molecule has 132 valence electrons. The summed E-state index contributed by atoms with van der Waals surface area (Å²) in [6.45, 7) is 5.14. The Morgan fingerprint density at radius 3 is 2.22 bits per heavy atom. The summed E-state index contributed by atoms with van der Waals surface area (Å²) in [5.41, 5.74) is 0. The summed E-state index contributed by atoms with van der Waals surface area (Å²) >= 11 is 4.59. The molecule has 1 heteroatoms. The first-order chi connectivity index (χ1) is 11.3. The van der Waals surface area contributed by atoms with E-state index in [1.807, 2.05) is 0 Å². The lowest BCUT2D eigenvalue weighted by Gasteiger charge is -2.65. The lowest BCUT2D eigenvalue weighted by molar-refractivity contribution is -0.165. The molecule has 0 radical (unpaired) electrons. The zero-order valence-corrected chi connectivity index (χ0v) is 16.3. The lowest BCUT2D eigenvalue weighted by atomic mass is 9.40. The van der Waals surface area contributed by atoms with E-state index in [0.29, 0.717) is 0 Å². The van der Waals surface area contributed by atoms with Gasteiger partial charge in [-0.2, -0.15) is 12.6 Å². The number of hydrogen-bond donors (Lipinski definition) is 1. The predicted octanol–water partition coefficient (Wildman–Crippen LogP) is 6.46. The average Bonchev–Trinajstić information content (AvgIpc) is 2.51. The Labute approximate surface area is 150 Å². The summed E-state index contributed by atoms with van der Waals surface area (Å²) in [5.74, 6) is 10.8. The maximum atomic E-state index is 4.59. The standard InChI is InChI=1S/C22H38S/c1-3-15-6-4-9-19-20-11-10-16(12-13-23)18-8-5-7-17(15)14(2)21(19)22(18)20/h14-23H,3-13H2,1-2H3/t14?,15?,16-,17?,18?,19-,20?,21?,22?/m1/s1. The number of thiol groups is 1. The zero-order chi connectivity index (χ0) is 16.0. The molecule has 0 aromatic carbocycles. The van der Waals surface area contributed by atoms with E-state index in [1.54, 1.807) is 25.7 Å². The molecule has 9 atom stereocenters. The molecular formula is C22H38S. The van der Waals surface area contributed by atoms with Gasteiger partial charge in [0.15, 0.2) is 0 Å². The maximum Gasteiger partial charge on any atom is -0.00952 e. The van der Waals surface area contributed by atoms with Crippen LogP contribution in [-0.4, -0.2) is 5.75 Å². The average molecular weight is 335 g/mol. The summed E-state index contributed by atoms with van der Waals surface area (Å²) < 4.78 is 0. The fraction of sp³-hybridized carbons (Fsp3) is 1.00. The second-order valence-electron chi connectivity index (χ2n) is 9.55. The zero-order valence-electron chi connectivity index (χ0n) is 15.4. The van der Waals surface area contributed by atoms with Crippen LogP contribution in [0.1, 0.15) is 78.1 Å². The molecule has 0 saturated heterocycles. The summed E-state index contributed by atoms with van der Waals surface area (Å²) in [6.07, 6.45) is 15.2. The van der Waals surface area contributed by atoms with E-state index in [9.17, 15) is 0 Å². The Kier molecular flexibility index (Phi) is 5.06. The van der Waals surface area contributed by atoms with E-state index >= 15 is 0 Å². The minimum absolute atomic E-state index is 1.02. The minimum atomic E-state index is 1.02. The van der Waals surface area contributed by atoms with Gasteiger partial charge in [0.25, 0.3) is 0 Å². The molecule has 0 aromatic rings. The molecule has 0 nitrogen and oxygen atoms in total. The van der Waals surface area contributed by atoms with Crippen molar-refractivity contribution in [3.63, 3.8) is 0 Å². The minimum Gasteiger partial charge on any atom is -0.179 e. The van der Waals surface area contributed by atoms with Crippen LogP contribution in [-0.2, 0) is 0 Å². The Bertz CT molecular complexity index is 405. The van der Waals surface area contributed by atoms with Crippen molar-refractivity contribution in [2.45, 2.75) is 78.1 Å². The number of fused-ring (bicyclic) bond motifs is 2. The molecule has 0 N–H and O–H groups in total. The van der Waals surface area contributed by atoms with Gasteiger partial charge < -0.3 is 0 Å². The third-order valence-corrected chi connectivity index (χ3v) is 9.31. The van der Waals surface area contributed by atoms with E-state index in [-0.39, 0.29) is 0 Å². The molecule has 4 aliphatic rings. The van der Waals surface area contributed by atoms with Crippen molar-refractivity contribution in [1.29, 1.82) is 0 Å². The van der Waals surface area contributed by atoms with Crippen LogP contribution in [0.25, 0.3) is 0 Å². The van der Waals surface area contributed by atoms with Crippen molar-refractivity contribution in [2.24, 2.45) is 53.3 Å². The van der Waals surface area contributed by atoms with Crippen molar-refractivity contribution in [2.75, 3.05) is 5.75 Å². The van der Waals surface area contributed by atoms with Crippen LogP contribution >= 0.6 is 12.6 Å². The molecule has 7 unspecified atom stereocenters. The molecule has 0 amide bonds. The first-order valence-corrected chi connectivity index (χ1v) is 11.5. The van der Waals surface area contributed by atoms with Crippen LogP contribution in [0.2, 0.25) is 0 Å². The summed E-state index contributed by atoms with van der Waals surface area (Å²) in [7, 11) is 0. The molecule has 23 heavy (non-hydrogen) atoms. The van der Waals surface area contributed by atoms with E-state index in [1.165, 1.54) is 38.5 Å². The highest BCUT2D eigenvalue weighted by molar-refractivity contribution is 7.80. The van der Waals surface area contributed by atoms with Gasteiger partial charge in [0, 0.05) is 0 Å². The third-order valence-electron chi connectivity index (χ3n) is 9.05. The molecule has 4 saturated carbocycles. The summed E-state index contributed by atoms with van der Waals surface area (Å²) in [6, 6.07) is 0. The molecule has 0 aliphatic heterocycles. The normalized spacial score (nSPS) is 52.6. The van der Waals surface area contributed by atoms with Crippen LogP contribution in [0.3, 0.4) is 0 Å². The van der Waals surface area contributed by atoms with Crippen LogP contribution in [0.15, 0.2) is 0 Å². The van der Waals surface area contributed by atoms with Gasteiger partial charge in [0.2, 0.25) is 0 Å². The Morgan fingerprint density at radius 2 is 1.43 bits per heavy atom. The monoisotopic (exact) mass is 334 g/mol. The van der Waals surface area contributed by atoms with Gasteiger partial charge >= 0.3 is 0 Å². The van der Waals surface area contributed by atoms with Crippen LogP contribution in [0.5, 0.6) is 0 Å². The van der Waals surface area contributed by atoms with Gasteiger partial charge in [-0.15, -0.1) is 0 Å². The van der Waals surface area contributed by atoms with Crippen LogP contribution in [0, 0.1) is 53.3 Å². The van der Waals surface area contributed by atoms with Crippen LogP contribution < -0.4 is 0 Å². The third kappa shape index (κ3) is 2.72. The van der Waals surface area contributed by atoms with Gasteiger partial charge in [0.05, 0.1) is 0 Å². The quantitative estimate of drug-likeness (QED) is 0.563. The first kappa shape index (κ1) is 16.8. The lowest BCUT2D eigenvalue weighted by Crippen LogP contribution is -2.59. The molecule has 2 bridgehead atoms. The fourth-order valence-corrected chi connectivity index (χ4v) is 8.51. The SMILES string of the molecule is CCC1CCC[C@@H]2C3CC[C@H](CCS)C4CCCC1C(C)C2C43. The number of hydrogen-bond acceptors (Lipinski definition) is 1.